The second kappa shape index (κ2) is 8.48. The molecule has 1 unspecified atom stereocenters. The number of hydrogen-bond donors (Lipinski definition) is 1. The Morgan fingerprint density at radius 3 is 2.70 bits per heavy atom. The average Bonchev–Trinajstić information content (AvgIpc) is 3.11. The lowest BCUT2D eigenvalue weighted by atomic mass is 9.96. The fraction of sp³-hybridized carbons (Fsp3) is 0.458. The van der Waals surface area contributed by atoms with E-state index in [0.717, 1.165) is 42.3 Å². The van der Waals surface area contributed by atoms with Crippen LogP contribution in [0.2, 0.25) is 5.02 Å². The molecule has 2 aromatic rings. The summed E-state index contributed by atoms with van der Waals surface area (Å²) in [5, 5.41) is 9.97. The molecule has 1 aliphatic carbocycles. The van der Waals surface area contributed by atoms with Crippen LogP contribution in [0.15, 0.2) is 30.3 Å². The van der Waals surface area contributed by atoms with E-state index in [1.54, 1.807) is 7.11 Å². The molecule has 160 valence electrons. The fourth-order valence-corrected chi connectivity index (χ4v) is 5.01. The van der Waals surface area contributed by atoms with Gasteiger partial charge in [0.05, 0.1) is 19.1 Å². The van der Waals surface area contributed by atoms with Crippen molar-refractivity contribution in [1.82, 2.24) is 4.90 Å². The second-order valence-corrected chi connectivity index (χ2v) is 8.72. The van der Waals surface area contributed by atoms with Crippen molar-refractivity contribution < 1.29 is 14.6 Å². The van der Waals surface area contributed by atoms with E-state index in [2.05, 4.69) is 41.0 Å². The van der Waals surface area contributed by atoms with Crippen molar-refractivity contribution >= 4 is 23.3 Å². The first kappa shape index (κ1) is 21.0. The maximum atomic E-state index is 11.2. The van der Waals surface area contributed by atoms with Gasteiger partial charge < -0.3 is 14.7 Å². The van der Waals surface area contributed by atoms with Crippen LogP contribution >= 0.6 is 11.6 Å². The molecule has 0 aromatic heterocycles. The van der Waals surface area contributed by atoms with E-state index in [-0.39, 0.29) is 5.92 Å². The molecule has 1 saturated heterocycles. The number of ether oxygens (including phenoxy) is 1. The average molecular weight is 429 g/mol. The summed E-state index contributed by atoms with van der Waals surface area (Å²) in [5.74, 6) is -0.0452. The van der Waals surface area contributed by atoms with Crippen LogP contribution in [-0.4, -0.2) is 42.7 Å². The lowest BCUT2D eigenvalue weighted by Crippen LogP contribution is -2.49. The molecule has 5 nitrogen and oxygen atoms in total. The summed E-state index contributed by atoms with van der Waals surface area (Å²) in [7, 11) is 1.71. The van der Waals surface area contributed by atoms with Crippen molar-refractivity contribution in [3.63, 3.8) is 0 Å². The third kappa shape index (κ3) is 3.77. The molecule has 30 heavy (non-hydrogen) atoms. The number of fused-ring (bicyclic) bond motifs is 1. The first-order chi connectivity index (χ1) is 14.4. The van der Waals surface area contributed by atoms with Gasteiger partial charge in [-0.1, -0.05) is 17.7 Å². The Bertz CT molecular complexity index is 956. The predicted octanol–water partition coefficient (Wildman–Crippen LogP) is 4.69. The molecule has 1 N–H and O–H groups in total. The normalized spacial score (nSPS) is 18.7. The van der Waals surface area contributed by atoms with Gasteiger partial charge in [0.1, 0.15) is 5.75 Å². The van der Waals surface area contributed by atoms with Gasteiger partial charge in [-0.2, -0.15) is 0 Å². The Labute approximate surface area is 183 Å². The highest BCUT2D eigenvalue weighted by Crippen LogP contribution is 2.43. The summed E-state index contributed by atoms with van der Waals surface area (Å²) in [4.78, 5) is 15.8. The number of aliphatic carboxylic acids is 1. The number of benzene rings is 2. The minimum absolute atomic E-state index is 0.246. The number of methoxy groups -OCH3 is 1. The zero-order valence-electron chi connectivity index (χ0n) is 17.8. The number of carboxylic acid groups (broad SMARTS) is 1. The van der Waals surface area contributed by atoms with Gasteiger partial charge in [0.25, 0.3) is 0 Å². The summed E-state index contributed by atoms with van der Waals surface area (Å²) in [5.41, 5.74) is 6.22. The van der Waals surface area contributed by atoms with Gasteiger partial charge in [-0.3, -0.25) is 9.69 Å². The molecule has 0 radical (unpaired) electrons. The summed E-state index contributed by atoms with van der Waals surface area (Å²) in [6.07, 6.45) is 2.06. The van der Waals surface area contributed by atoms with Crippen molar-refractivity contribution in [3.05, 3.63) is 57.6 Å². The minimum atomic E-state index is -0.701. The number of hydrogen-bond acceptors (Lipinski definition) is 4. The van der Waals surface area contributed by atoms with Crippen LogP contribution < -0.4 is 9.64 Å². The van der Waals surface area contributed by atoms with Crippen LogP contribution in [0.5, 0.6) is 5.75 Å². The molecule has 4 rings (SSSR count). The van der Waals surface area contributed by atoms with Crippen molar-refractivity contribution in [1.29, 1.82) is 0 Å². The van der Waals surface area contributed by atoms with Crippen molar-refractivity contribution in [2.24, 2.45) is 5.92 Å². The Balaban J connectivity index is 1.62. The molecule has 0 amide bonds. The zero-order chi connectivity index (χ0) is 21.4. The van der Waals surface area contributed by atoms with Crippen LogP contribution in [0.25, 0.3) is 0 Å². The number of halogens is 1. The lowest BCUT2D eigenvalue weighted by molar-refractivity contribution is -0.147. The van der Waals surface area contributed by atoms with Gasteiger partial charge in [-0.05, 0) is 67.6 Å². The lowest BCUT2D eigenvalue weighted by Gasteiger charge is -2.37. The van der Waals surface area contributed by atoms with E-state index in [1.807, 2.05) is 13.0 Å². The van der Waals surface area contributed by atoms with Gasteiger partial charge >= 0.3 is 5.97 Å². The van der Waals surface area contributed by atoms with Gasteiger partial charge in [-0.15, -0.1) is 0 Å². The Hall–Kier alpha value is -2.24. The van der Waals surface area contributed by atoms with Crippen LogP contribution in [-0.2, 0) is 17.8 Å². The molecule has 1 atom stereocenters. The van der Waals surface area contributed by atoms with E-state index in [1.165, 1.54) is 22.4 Å². The first-order valence-corrected chi connectivity index (χ1v) is 11.0. The maximum Gasteiger partial charge on any atom is 0.309 e. The molecular formula is C24H29ClN2O3. The van der Waals surface area contributed by atoms with Gasteiger partial charge in [0.2, 0.25) is 0 Å². The third-order valence-electron chi connectivity index (χ3n) is 6.55. The summed E-state index contributed by atoms with van der Waals surface area (Å²) >= 11 is 6.25. The molecule has 1 heterocycles. The Morgan fingerprint density at radius 2 is 2.07 bits per heavy atom. The SMILES string of the molecule is CCN(c1ccc(Cl)c(C)c1)C1CCc2c1ccc(OC)c2CN1CC(C(=O)O)C1. The Morgan fingerprint density at radius 1 is 1.30 bits per heavy atom. The molecule has 1 aliphatic heterocycles. The number of carbonyl (C=O) groups is 1. The molecular weight excluding hydrogens is 400 g/mol. The summed E-state index contributed by atoms with van der Waals surface area (Å²) < 4.78 is 5.68. The highest BCUT2D eigenvalue weighted by atomic mass is 35.5. The predicted molar refractivity (Wildman–Crippen MR) is 120 cm³/mol. The van der Waals surface area contributed by atoms with E-state index >= 15 is 0 Å². The second-order valence-electron chi connectivity index (χ2n) is 8.32. The number of likely N-dealkylation sites (tertiary alicyclic amines) is 1. The molecule has 2 aromatic carbocycles. The fourth-order valence-electron chi connectivity index (χ4n) is 4.89. The van der Waals surface area contributed by atoms with Crippen LogP contribution in [0.4, 0.5) is 5.69 Å². The molecule has 0 spiro atoms. The molecule has 0 saturated carbocycles. The Kier molecular flexibility index (Phi) is 5.94. The molecule has 2 aliphatic rings. The van der Waals surface area contributed by atoms with Crippen molar-refractivity contribution in [3.8, 4) is 5.75 Å². The van der Waals surface area contributed by atoms with Crippen molar-refractivity contribution in [2.45, 2.75) is 39.3 Å². The highest BCUT2D eigenvalue weighted by molar-refractivity contribution is 6.31. The molecule has 1 fully saturated rings. The van der Waals surface area contributed by atoms with Gasteiger partial charge in [0, 0.05) is 42.5 Å². The maximum absolute atomic E-state index is 11.2. The summed E-state index contributed by atoms with van der Waals surface area (Å²) in [6, 6.07) is 10.8. The molecule has 6 heteroatoms. The number of rotatable bonds is 7. The van der Waals surface area contributed by atoms with Crippen LogP contribution in [0.3, 0.4) is 0 Å². The largest absolute Gasteiger partial charge is 0.496 e. The number of aryl methyl sites for hydroxylation is 1. The minimum Gasteiger partial charge on any atom is -0.496 e. The monoisotopic (exact) mass is 428 g/mol. The molecule has 0 bridgehead atoms. The smallest absolute Gasteiger partial charge is 0.309 e. The standard InChI is InChI=1S/C24H29ClN2O3/c1-4-27(17-5-8-21(25)15(2)11-17)22-9-6-18-19(22)7-10-23(30-3)20(18)14-26-12-16(13-26)24(28)29/h5,7-8,10-11,16,22H,4,6,9,12-14H2,1-3H3,(H,28,29). The summed E-state index contributed by atoms with van der Waals surface area (Å²) in [6.45, 7) is 7.11. The number of carboxylic acids is 1. The quantitative estimate of drug-likeness (QED) is 0.693. The van der Waals surface area contributed by atoms with Gasteiger partial charge in [0.15, 0.2) is 0 Å². The highest BCUT2D eigenvalue weighted by Gasteiger charge is 2.35. The van der Waals surface area contributed by atoms with Crippen LogP contribution in [0.1, 0.15) is 41.6 Å². The third-order valence-corrected chi connectivity index (χ3v) is 6.97. The van der Waals surface area contributed by atoms with E-state index in [0.29, 0.717) is 19.1 Å². The topological polar surface area (TPSA) is 53.0 Å². The number of nitrogens with zero attached hydrogens (tertiary/aromatic N) is 2. The van der Waals surface area contributed by atoms with E-state index in [4.69, 9.17) is 16.3 Å². The van der Waals surface area contributed by atoms with E-state index in [9.17, 15) is 9.90 Å². The van der Waals surface area contributed by atoms with E-state index < -0.39 is 5.97 Å². The zero-order valence-corrected chi connectivity index (χ0v) is 18.6. The number of anilines is 1. The van der Waals surface area contributed by atoms with Gasteiger partial charge in [-0.25, -0.2) is 0 Å². The van der Waals surface area contributed by atoms with Crippen molar-refractivity contribution in [2.75, 3.05) is 31.6 Å². The van der Waals surface area contributed by atoms with Crippen LogP contribution in [0, 0.1) is 12.8 Å². The first-order valence-electron chi connectivity index (χ1n) is 10.6.